The summed E-state index contributed by atoms with van der Waals surface area (Å²) in [4.78, 5) is 14.5. The number of aromatic nitrogens is 1. The molecule has 0 radical (unpaired) electrons. The molecule has 1 heterocycles. The molecule has 2 aromatic rings. The smallest absolute Gasteiger partial charge is 0.203 e. The number of ether oxygens (including phenoxy) is 1. The number of halogens is 2. The predicted octanol–water partition coefficient (Wildman–Crippen LogP) is 2.44. The zero-order chi connectivity index (χ0) is 11.0. The highest BCUT2D eigenvalue weighted by Gasteiger charge is 2.09. The van der Waals surface area contributed by atoms with Crippen molar-refractivity contribution in [3.8, 4) is 5.75 Å². The van der Waals surface area contributed by atoms with Crippen molar-refractivity contribution in [3.05, 3.63) is 38.8 Å². The standard InChI is InChI=1S/C10H7BrFNO2/c1-15-8-3-5(12)2-6-9(8)13-4-7(11)10(6)14/h2-4H,1H3,(H,13,14). The maximum Gasteiger partial charge on any atom is 0.203 e. The van der Waals surface area contributed by atoms with Crippen molar-refractivity contribution in [1.29, 1.82) is 0 Å². The number of nitrogens with one attached hydrogen (secondary N) is 1. The first-order valence-electron chi connectivity index (χ1n) is 4.18. The lowest BCUT2D eigenvalue weighted by molar-refractivity contribution is 0.415. The fourth-order valence-corrected chi connectivity index (χ4v) is 1.73. The van der Waals surface area contributed by atoms with Gasteiger partial charge in [-0.15, -0.1) is 0 Å². The molecule has 0 unspecified atom stereocenters. The molecule has 0 aliphatic heterocycles. The van der Waals surface area contributed by atoms with Gasteiger partial charge in [-0.05, 0) is 22.0 Å². The lowest BCUT2D eigenvalue weighted by Gasteiger charge is -2.05. The maximum absolute atomic E-state index is 13.1. The van der Waals surface area contributed by atoms with E-state index in [1.165, 1.54) is 25.4 Å². The first-order chi connectivity index (χ1) is 7.13. The summed E-state index contributed by atoms with van der Waals surface area (Å²) in [5.41, 5.74) is 0.230. The molecule has 0 bridgehead atoms. The van der Waals surface area contributed by atoms with Gasteiger partial charge < -0.3 is 9.72 Å². The Kier molecular flexibility index (Phi) is 2.48. The van der Waals surface area contributed by atoms with E-state index in [1.54, 1.807) is 0 Å². The van der Waals surface area contributed by atoms with Crippen LogP contribution in [0.25, 0.3) is 10.9 Å². The molecule has 2 rings (SSSR count). The van der Waals surface area contributed by atoms with Crippen LogP contribution in [-0.2, 0) is 0 Å². The van der Waals surface area contributed by atoms with Gasteiger partial charge in [0.05, 0.1) is 22.5 Å². The molecule has 0 atom stereocenters. The minimum absolute atomic E-state index is 0.262. The highest BCUT2D eigenvalue weighted by atomic mass is 79.9. The van der Waals surface area contributed by atoms with Gasteiger partial charge >= 0.3 is 0 Å². The molecule has 1 aromatic carbocycles. The van der Waals surface area contributed by atoms with Gasteiger partial charge in [0.25, 0.3) is 0 Å². The molecule has 0 saturated carbocycles. The maximum atomic E-state index is 13.1. The molecule has 0 aliphatic carbocycles. The molecule has 78 valence electrons. The molecule has 1 aromatic heterocycles. The van der Waals surface area contributed by atoms with Gasteiger partial charge in [-0.2, -0.15) is 0 Å². The molecule has 15 heavy (non-hydrogen) atoms. The summed E-state index contributed by atoms with van der Waals surface area (Å²) in [5, 5.41) is 0.265. The van der Waals surface area contributed by atoms with E-state index in [-0.39, 0.29) is 10.8 Å². The van der Waals surface area contributed by atoms with Crippen LogP contribution in [0.3, 0.4) is 0 Å². The highest BCUT2D eigenvalue weighted by Crippen LogP contribution is 2.23. The number of hydrogen-bond acceptors (Lipinski definition) is 2. The number of fused-ring (bicyclic) bond motifs is 1. The monoisotopic (exact) mass is 271 g/mol. The Labute approximate surface area is 93.0 Å². The van der Waals surface area contributed by atoms with Gasteiger partial charge in [-0.3, -0.25) is 4.79 Å². The van der Waals surface area contributed by atoms with Crippen LogP contribution in [-0.4, -0.2) is 12.1 Å². The van der Waals surface area contributed by atoms with Gasteiger partial charge in [-0.1, -0.05) is 0 Å². The largest absolute Gasteiger partial charge is 0.494 e. The van der Waals surface area contributed by atoms with Crippen LogP contribution in [0.15, 0.2) is 27.6 Å². The average molecular weight is 272 g/mol. The number of methoxy groups -OCH3 is 1. The Balaban J connectivity index is 2.96. The van der Waals surface area contributed by atoms with Gasteiger partial charge in [-0.25, -0.2) is 4.39 Å². The second kappa shape index (κ2) is 3.66. The first kappa shape index (κ1) is 10.2. The minimum Gasteiger partial charge on any atom is -0.494 e. The van der Waals surface area contributed by atoms with E-state index in [1.807, 2.05) is 0 Å². The minimum atomic E-state index is -0.497. The van der Waals surface area contributed by atoms with Crippen molar-refractivity contribution in [3.63, 3.8) is 0 Å². The third kappa shape index (κ3) is 1.63. The Morgan fingerprint density at radius 3 is 2.87 bits per heavy atom. The Morgan fingerprint density at radius 2 is 2.20 bits per heavy atom. The SMILES string of the molecule is COc1cc(F)cc2c(=O)c(Br)c[nH]c12. The fraction of sp³-hybridized carbons (Fsp3) is 0.100. The van der Waals surface area contributed by atoms with Crippen molar-refractivity contribution in [2.75, 3.05) is 7.11 Å². The van der Waals surface area contributed by atoms with Crippen LogP contribution in [0.2, 0.25) is 0 Å². The van der Waals surface area contributed by atoms with E-state index < -0.39 is 5.82 Å². The number of rotatable bonds is 1. The number of benzene rings is 1. The van der Waals surface area contributed by atoms with Crippen LogP contribution >= 0.6 is 15.9 Å². The molecular formula is C10H7BrFNO2. The summed E-state index contributed by atoms with van der Waals surface area (Å²) in [5.74, 6) is -0.183. The van der Waals surface area contributed by atoms with E-state index >= 15 is 0 Å². The van der Waals surface area contributed by atoms with Crippen LogP contribution in [0.4, 0.5) is 4.39 Å². The van der Waals surface area contributed by atoms with E-state index in [2.05, 4.69) is 20.9 Å². The summed E-state index contributed by atoms with van der Waals surface area (Å²) in [6.07, 6.45) is 1.51. The van der Waals surface area contributed by atoms with Crippen molar-refractivity contribution < 1.29 is 9.13 Å². The van der Waals surface area contributed by atoms with Crippen molar-refractivity contribution >= 4 is 26.8 Å². The summed E-state index contributed by atoms with van der Waals surface area (Å²) < 4.78 is 18.5. The van der Waals surface area contributed by atoms with E-state index in [4.69, 9.17) is 4.74 Å². The molecule has 0 amide bonds. The Hall–Kier alpha value is -1.36. The first-order valence-corrected chi connectivity index (χ1v) is 4.97. The number of hydrogen-bond donors (Lipinski definition) is 1. The molecule has 3 nitrogen and oxygen atoms in total. The van der Waals surface area contributed by atoms with Gasteiger partial charge in [0.1, 0.15) is 11.6 Å². The topological polar surface area (TPSA) is 42.1 Å². The zero-order valence-electron chi connectivity index (χ0n) is 7.80. The third-order valence-corrected chi connectivity index (χ3v) is 2.68. The summed E-state index contributed by atoms with van der Waals surface area (Å²) in [6.45, 7) is 0. The Bertz CT molecular complexity index is 579. The van der Waals surface area contributed by atoms with Gasteiger partial charge in [0.2, 0.25) is 5.43 Å². The lowest BCUT2D eigenvalue weighted by atomic mass is 10.2. The molecule has 5 heteroatoms. The van der Waals surface area contributed by atoms with Crippen LogP contribution < -0.4 is 10.2 Å². The summed E-state index contributed by atoms with van der Waals surface area (Å²) in [7, 11) is 1.43. The number of aromatic amines is 1. The second-order valence-corrected chi connectivity index (χ2v) is 3.85. The van der Waals surface area contributed by atoms with E-state index in [9.17, 15) is 9.18 Å². The van der Waals surface area contributed by atoms with Crippen LogP contribution in [0.1, 0.15) is 0 Å². The quantitative estimate of drug-likeness (QED) is 0.866. The second-order valence-electron chi connectivity index (χ2n) is 3.00. The predicted molar refractivity (Wildman–Crippen MR) is 58.8 cm³/mol. The Morgan fingerprint density at radius 1 is 1.47 bits per heavy atom. The molecule has 0 fully saturated rings. The zero-order valence-corrected chi connectivity index (χ0v) is 9.39. The summed E-state index contributed by atoms with van der Waals surface area (Å²) >= 11 is 3.08. The van der Waals surface area contributed by atoms with Gasteiger partial charge in [0.15, 0.2) is 0 Å². The third-order valence-electron chi connectivity index (χ3n) is 2.09. The number of H-pyrrole nitrogens is 1. The van der Waals surface area contributed by atoms with Crippen molar-refractivity contribution in [1.82, 2.24) is 4.98 Å². The van der Waals surface area contributed by atoms with Crippen LogP contribution in [0.5, 0.6) is 5.75 Å². The highest BCUT2D eigenvalue weighted by molar-refractivity contribution is 9.10. The molecule has 0 spiro atoms. The van der Waals surface area contributed by atoms with Crippen molar-refractivity contribution in [2.45, 2.75) is 0 Å². The van der Waals surface area contributed by atoms with E-state index in [0.29, 0.717) is 15.7 Å². The normalized spacial score (nSPS) is 10.6. The molecule has 0 saturated heterocycles. The molecule has 0 aliphatic rings. The fourth-order valence-electron chi connectivity index (χ4n) is 1.40. The summed E-state index contributed by atoms with van der Waals surface area (Å²) in [6, 6.07) is 2.41. The van der Waals surface area contributed by atoms with Crippen LogP contribution in [0, 0.1) is 5.82 Å². The van der Waals surface area contributed by atoms with Gasteiger partial charge in [0, 0.05) is 12.3 Å². The van der Waals surface area contributed by atoms with E-state index in [0.717, 1.165) is 0 Å². The lowest BCUT2D eigenvalue weighted by Crippen LogP contribution is -2.04. The average Bonchev–Trinajstić information content (AvgIpc) is 2.23. The van der Waals surface area contributed by atoms with Crippen molar-refractivity contribution in [2.24, 2.45) is 0 Å². The molecule has 1 N–H and O–H groups in total. The number of pyridine rings is 1. The molecular weight excluding hydrogens is 265 g/mol.